The Morgan fingerprint density at radius 3 is 2.57 bits per heavy atom. The van der Waals surface area contributed by atoms with Crippen LogP contribution in [0.5, 0.6) is 5.75 Å². The van der Waals surface area contributed by atoms with Crippen LogP contribution in [0, 0.1) is 10.1 Å². The average molecular weight is 430 g/mol. The lowest BCUT2D eigenvalue weighted by Gasteiger charge is -2.13. The van der Waals surface area contributed by atoms with Crippen LogP contribution < -0.4 is 20.9 Å². The Bertz CT molecular complexity index is 935. The number of ether oxygens (including phenoxy) is 1. The van der Waals surface area contributed by atoms with Gasteiger partial charge in [0.2, 0.25) is 0 Å². The number of hydrogen-bond acceptors (Lipinski definition) is 6. The molecule has 2 amide bonds. The van der Waals surface area contributed by atoms with Crippen LogP contribution in [0.2, 0.25) is 0 Å². The third kappa shape index (κ3) is 6.82. The first kappa shape index (κ1) is 22.8. The highest BCUT2D eigenvalue weighted by Gasteiger charge is 2.15. The minimum atomic E-state index is -0.644. The maximum atomic E-state index is 12.5. The van der Waals surface area contributed by atoms with Crippen LogP contribution in [0.25, 0.3) is 0 Å². The summed E-state index contributed by atoms with van der Waals surface area (Å²) in [5.74, 6) is -0.701. The fraction of sp³-hybridized carbons (Fsp3) is 0.250. The van der Waals surface area contributed by atoms with Crippen molar-refractivity contribution < 1.29 is 19.2 Å². The number of carbonyl (C=O) groups is 2. The maximum absolute atomic E-state index is 12.5. The molecule has 0 aliphatic heterocycles. The van der Waals surface area contributed by atoms with Crippen molar-refractivity contribution >= 4 is 34.8 Å². The average Bonchev–Trinajstić information content (AvgIpc) is 2.75. The highest BCUT2D eigenvalue weighted by Crippen LogP contribution is 2.18. The van der Waals surface area contributed by atoms with Crippen LogP contribution in [-0.4, -0.2) is 28.5 Å². The Kier molecular flexibility index (Phi) is 8.70. The van der Waals surface area contributed by atoms with E-state index in [2.05, 4.69) is 23.1 Å². The van der Waals surface area contributed by atoms with E-state index >= 15 is 0 Å². The van der Waals surface area contributed by atoms with Gasteiger partial charge in [-0.25, -0.2) is 0 Å². The van der Waals surface area contributed by atoms with E-state index in [4.69, 9.17) is 17.0 Å². The number of nitro benzene ring substituents is 1. The van der Waals surface area contributed by atoms with Gasteiger partial charge in [-0.1, -0.05) is 38.0 Å². The number of para-hydroxylation sites is 1. The molecular formula is C20H22N4O5S. The summed E-state index contributed by atoms with van der Waals surface area (Å²) >= 11 is 5.02. The van der Waals surface area contributed by atoms with E-state index in [1.54, 1.807) is 24.3 Å². The predicted molar refractivity (Wildman–Crippen MR) is 115 cm³/mol. The number of benzene rings is 2. The summed E-state index contributed by atoms with van der Waals surface area (Å²) in [6.07, 6.45) is 2.98. The summed E-state index contributed by atoms with van der Waals surface area (Å²) < 4.78 is 5.68. The first-order valence-electron chi connectivity index (χ1n) is 9.30. The Hall–Kier alpha value is -3.53. The van der Waals surface area contributed by atoms with Crippen LogP contribution in [0.3, 0.4) is 0 Å². The number of nitrogens with zero attached hydrogens (tertiary/aromatic N) is 1. The Morgan fingerprint density at radius 1 is 1.07 bits per heavy atom. The quantitative estimate of drug-likeness (QED) is 0.254. The first-order valence-corrected chi connectivity index (χ1v) is 9.71. The summed E-state index contributed by atoms with van der Waals surface area (Å²) in [4.78, 5) is 34.8. The number of thiocarbonyl (C=S) groups is 1. The minimum absolute atomic E-state index is 0.0663. The van der Waals surface area contributed by atoms with Gasteiger partial charge in [0, 0.05) is 17.7 Å². The molecule has 0 radical (unpaired) electrons. The molecule has 30 heavy (non-hydrogen) atoms. The van der Waals surface area contributed by atoms with Gasteiger partial charge in [0.05, 0.1) is 17.1 Å². The second kappa shape index (κ2) is 11.5. The molecule has 0 aliphatic carbocycles. The Balaban J connectivity index is 1.90. The number of non-ortho nitro benzene ring substituents is 1. The smallest absolute Gasteiger partial charge is 0.270 e. The normalized spacial score (nSPS) is 10.0. The number of hydrazine groups is 1. The van der Waals surface area contributed by atoms with Gasteiger partial charge in [-0.05, 0) is 36.8 Å². The minimum Gasteiger partial charge on any atom is -0.493 e. The second-order valence-electron chi connectivity index (χ2n) is 6.22. The van der Waals surface area contributed by atoms with Gasteiger partial charge >= 0.3 is 0 Å². The topological polar surface area (TPSA) is 123 Å². The van der Waals surface area contributed by atoms with Gasteiger partial charge in [0.1, 0.15) is 5.75 Å². The van der Waals surface area contributed by atoms with Gasteiger partial charge in [-0.3, -0.25) is 35.9 Å². The lowest BCUT2D eigenvalue weighted by molar-refractivity contribution is -0.384. The van der Waals surface area contributed by atoms with E-state index in [1.807, 2.05) is 0 Å². The molecule has 0 heterocycles. The Labute approximate surface area is 178 Å². The fourth-order valence-corrected chi connectivity index (χ4v) is 2.61. The molecule has 2 aromatic carbocycles. The summed E-state index contributed by atoms with van der Waals surface area (Å²) in [7, 11) is 0. The maximum Gasteiger partial charge on any atom is 0.270 e. The van der Waals surface area contributed by atoms with E-state index in [1.165, 1.54) is 18.2 Å². The van der Waals surface area contributed by atoms with E-state index in [0.29, 0.717) is 17.9 Å². The molecule has 0 aromatic heterocycles. The van der Waals surface area contributed by atoms with Crippen molar-refractivity contribution in [2.24, 2.45) is 0 Å². The van der Waals surface area contributed by atoms with Crippen LogP contribution in [0.1, 0.15) is 46.9 Å². The molecule has 2 aromatic rings. The largest absolute Gasteiger partial charge is 0.493 e. The third-order valence-corrected chi connectivity index (χ3v) is 4.18. The molecule has 158 valence electrons. The van der Waals surface area contributed by atoms with Gasteiger partial charge < -0.3 is 4.74 Å². The molecule has 0 aliphatic rings. The van der Waals surface area contributed by atoms with Crippen molar-refractivity contribution in [2.75, 3.05) is 6.61 Å². The van der Waals surface area contributed by atoms with Gasteiger partial charge in [-0.15, -0.1) is 0 Å². The number of carbonyl (C=O) groups excluding carboxylic acids is 2. The molecule has 2 rings (SSSR count). The lowest BCUT2D eigenvalue weighted by atomic mass is 10.2. The molecule has 9 nitrogen and oxygen atoms in total. The second-order valence-corrected chi connectivity index (χ2v) is 6.63. The highest BCUT2D eigenvalue weighted by atomic mass is 32.1. The van der Waals surface area contributed by atoms with Crippen LogP contribution in [0.15, 0.2) is 48.5 Å². The SMILES string of the molecule is CCCCCOc1ccccc1C(=O)NC(=S)NNC(=O)c1cccc([N+](=O)[O-])c1. The third-order valence-electron chi connectivity index (χ3n) is 3.97. The zero-order valence-corrected chi connectivity index (χ0v) is 17.2. The van der Waals surface area contributed by atoms with E-state index < -0.39 is 16.7 Å². The van der Waals surface area contributed by atoms with Crippen molar-refractivity contribution in [1.29, 1.82) is 0 Å². The summed E-state index contributed by atoms with van der Waals surface area (Å²) in [5.41, 5.74) is 4.85. The molecule has 0 spiro atoms. The standard InChI is InChI=1S/C20H22N4O5S/c1-2-3-6-12-29-17-11-5-4-10-16(17)19(26)21-20(30)23-22-18(25)14-8-7-9-15(13-14)24(27)28/h4-5,7-11,13H,2-3,6,12H2,1H3,(H,22,25)(H2,21,23,26,30). The molecule has 0 fully saturated rings. The molecule has 0 unspecified atom stereocenters. The summed E-state index contributed by atoms with van der Waals surface area (Å²) in [6.45, 7) is 2.59. The molecule has 0 saturated carbocycles. The summed E-state index contributed by atoms with van der Waals surface area (Å²) in [5, 5.41) is 13.1. The number of rotatable bonds is 8. The van der Waals surface area contributed by atoms with Crippen LogP contribution in [-0.2, 0) is 0 Å². The van der Waals surface area contributed by atoms with Gasteiger partial charge in [0.25, 0.3) is 17.5 Å². The van der Waals surface area contributed by atoms with Crippen molar-refractivity contribution in [2.45, 2.75) is 26.2 Å². The first-order chi connectivity index (χ1) is 14.4. The van der Waals surface area contributed by atoms with Crippen molar-refractivity contribution in [3.63, 3.8) is 0 Å². The lowest BCUT2D eigenvalue weighted by Crippen LogP contribution is -2.48. The van der Waals surface area contributed by atoms with E-state index in [0.717, 1.165) is 25.3 Å². The van der Waals surface area contributed by atoms with E-state index in [-0.39, 0.29) is 16.4 Å². The van der Waals surface area contributed by atoms with Gasteiger partial charge in [-0.2, -0.15) is 0 Å². The zero-order chi connectivity index (χ0) is 21.9. The number of nitrogens with one attached hydrogen (secondary N) is 3. The van der Waals surface area contributed by atoms with Crippen molar-refractivity contribution in [3.8, 4) is 5.75 Å². The molecule has 3 N–H and O–H groups in total. The van der Waals surface area contributed by atoms with Crippen molar-refractivity contribution in [1.82, 2.24) is 16.2 Å². The molecular weight excluding hydrogens is 408 g/mol. The van der Waals surface area contributed by atoms with Crippen molar-refractivity contribution in [3.05, 3.63) is 69.8 Å². The highest BCUT2D eigenvalue weighted by molar-refractivity contribution is 7.80. The number of hydrogen-bond donors (Lipinski definition) is 3. The predicted octanol–water partition coefficient (Wildman–Crippen LogP) is 3.11. The molecule has 0 bridgehead atoms. The molecule has 10 heteroatoms. The van der Waals surface area contributed by atoms with Crippen LogP contribution >= 0.6 is 12.2 Å². The Morgan fingerprint density at radius 2 is 1.83 bits per heavy atom. The number of nitro groups is 1. The number of amides is 2. The fourth-order valence-electron chi connectivity index (χ4n) is 2.46. The van der Waals surface area contributed by atoms with E-state index in [9.17, 15) is 19.7 Å². The monoisotopic (exact) mass is 430 g/mol. The summed E-state index contributed by atoms with van der Waals surface area (Å²) in [6, 6.07) is 12.0. The molecule has 0 saturated heterocycles. The zero-order valence-electron chi connectivity index (χ0n) is 16.3. The number of unbranched alkanes of at least 4 members (excludes halogenated alkanes) is 2. The van der Waals surface area contributed by atoms with Gasteiger partial charge in [0.15, 0.2) is 5.11 Å². The molecule has 0 atom stereocenters. The van der Waals surface area contributed by atoms with Crippen LogP contribution in [0.4, 0.5) is 5.69 Å².